The smallest absolute Gasteiger partial charge is 0.341 e. The number of esters is 1. The molecule has 1 fully saturated rings. The first-order valence-electron chi connectivity index (χ1n) is 6.84. The van der Waals surface area contributed by atoms with E-state index in [1.807, 2.05) is 18.7 Å². The molecule has 1 saturated heterocycles. The van der Waals surface area contributed by atoms with Crippen LogP contribution < -0.4 is 10.6 Å². The Morgan fingerprint density at radius 1 is 1.50 bits per heavy atom. The number of morpholine rings is 1. The molecule has 1 aromatic heterocycles. The van der Waals surface area contributed by atoms with E-state index in [1.54, 1.807) is 19.2 Å². The van der Waals surface area contributed by atoms with Crippen molar-refractivity contribution in [3.8, 4) is 0 Å². The summed E-state index contributed by atoms with van der Waals surface area (Å²) in [5, 5.41) is 0. The van der Waals surface area contributed by atoms with E-state index < -0.39 is 5.97 Å². The molecule has 0 radical (unpaired) electrons. The lowest BCUT2D eigenvalue weighted by atomic mass is 10.1. The molecule has 2 heterocycles. The van der Waals surface area contributed by atoms with Gasteiger partial charge in [0.25, 0.3) is 0 Å². The average Bonchev–Trinajstić information content (AvgIpc) is 2.37. The molecule has 110 valence electrons. The summed E-state index contributed by atoms with van der Waals surface area (Å²) in [5.41, 5.74) is 6.59. The van der Waals surface area contributed by atoms with Crippen LogP contribution in [0.1, 0.15) is 31.1 Å². The topological polar surface area (TPSA) is 77.7 Å². The highest BCUT2D eigenvalue weighted by atomic mass is 16.5. The van der Waals surface area contributed by atoms with Gasteiger partial charge >= 0.3 is 5.97 Å². The minimum atomic E-state index is -0.394. The third kappa shape index (κ3) is 3.19. The summed E-state index contributed by atoms with van der Waals surface area (Å²) in [7, 11) is 0. The molecule has 0 unspecified atom stereocenters. The summed E-state index contributed by atoms with van der Waals surface area (Å²) in [5.74, 6) is 0.216. The van der Waals surface area contributed by atoms with Crippen LogP contribution >= 0.6 is 0 Å². The molecule has 20 heavy (non-hydrogen) atoms. The summed E-state index contributed by atoms with van der Waals surface area (Å²) in [6.45, 7) is 7.48. The van der Waals surface area contributed by atoms with Crippen LogP contribution in [-0.2, 0) is 9.47 Å². The van der Waals surface area contributed by atoms with Crippen LogP contribution in [0.15, 0.2) is 12.3 Å². The number of carbonyl (C=O) groups excluding carboxylic acids is 1. The van der Waals surface area contributed by atoms with Crippen molar-refractivity contribution >= 4 is 17.5 Å². The van der Waals surface area contributed by atoms with Crippen molar-refractivity contribution in [1.29, 1.82) is 0 Å². The molecule has 6 heteroatoms. The van der Waals surface area contributed by atoms with Gasteiger partial charge in [-0.25, -0.2) is 9.78 Å². The molecular formula is C14H21N3O3. The number of nitrogen functional groups attached to an aromatic ring is 1. The number of ether oxygens (including phenoxy) is 2. The second kappa shape index (κ2) is 6.09. The highest BCUT2D eigenvalue weighted by molar-refractivity contribution is 5.95. The SMILES string of the molecule is CCOC(=O)c1cc(N)cnc1N1C[C@@H](C)O[C@@H](C)C1. The van der Waals surface area contributed by atoms with E-state index in [-0.39, 0.29) is 12.2 Å². The predicted molar refractivity (Wildman–Crippen MR) is 76.8 cm³/mol. The number of carbonyl (C=O) groups is 1. The summed E-state index contributed by atoms with van der Waals surface area (Å²) in [6.07, 6.45) is 1.74. The van der Waals surface area contributed by atoms with E-state index in [2.05, 4.69) is 4.98 Å². The lowest BCUT2D eigenvalue weighted by Crippen LogP contribution is -2.46. The Morgan fingerprint density at radius 2 is 2.15 bits per heavy atom. The Kier molecular flexibility index (Phi) is 4.44. The summed E-state index contributed by atoms with van der Waals surface area (Å²) in [6, 6.07) is 1.62. The van der Waals surface area contributed by atoms with Gasteiger partial charge in [0.15, 0.2) is 0 Å². The number of nitrogens with zero attached hydrogens (tertiary/aromatic N) is 2. The quantitative estimate of drug-likeness (QED) is 0.844. The molecule has 2 atom stereocenters. The largest absolute Gasteiger partial charge is 0.462 e. The lowest BCUT2D eigenvalue weighted by Gasteiger charge is -2.36. The van der Waals surface area contributed by atoms with Crippen molar-refractivity contribution in [3.63, 3.8) is 0 Å². The Bertz CT molecular complexity index is 483. The van der Waals surface area contributed by atoms with Crippen LogP contribution in [-0.4, -0.2) is 42.9 Å². The molecular weight excluding hydrogens is 258 g/mol. The summed E-state index contributed by atoms with van der Waals surface area (Å²) in [4.78, 5) is 18.4. The Labute approximate surface area is 118 Å². The van der Waals surface area contributed by atoms with Crippen molar-refractivity contribution in [2.24, 2.45) is 0 Å². The second-order valence-corrected chi connectivity index (χ2v) is 5.02. The summed E-state index contributed by atoms with van der Waals surface area (Å²) < 4.78 is 10.8. The van der Waals surface area contributed by atoms with Crippen LogP contribution in [0.4, 0.5) is 11.5 Å². The minimum absolute atomic E-state index is 0.0909. The molecule has 6 nitrogen and oxygen atoms in total. The van der Waals surface area contributed by atoms with Crippen LogP contribution in [0, 0.1) is 0 Å². The number of rotatable bonds is 3. The standard InChI is InChI=1S/C14H21N3O3/c1-4-19-14(18)12-5-11(15)6-16-13(12)17-7-9(2)20-10(3)8-17/h5-6,9-10H,4,7-8,15H2,1-3H3/t9-,10+. The highest BCUT2D eigenvalue weighted by Crippen LogP contribution is 2.24. The van der Waals surface area contributed by atoms with E-state index in [0.29, 0.717) is 36.8 Å². The predicted octanol–water partition coefficient (Wildman–Crippen LogP) is 1.45. The first-order valence-corrected chi connectivity index (χ1v) is 6.84. The zero-order valence-electron chi connectivity index (χ0n) is 12.1. The van der Waals surface area contributed by atoms with Crippen LogP contribution in [0.5, 0.6) is 0 Å². The average molecular weight is 279 g/mol. The van der Waals surface area contributed by atoms with Gasteiger partial charge in [-0.15, -0.1) is 0 Å². The number of hydrogen-bond donors (Lipinski definition) is 1. The molecule has 0 bridgehead atoms. The maximum atomic E-state index is 12.0. The van der Waals surface area contributed by atoms with Crippen molar-refractivity contribution in [3.05, 3.63) is 17.8 Å². The van der Waals surface area contributed by atoms with E-state index in [9.17, 15) is 4.79 Å². The van der Waals surface area contributed by atoms with Gasteiger partial charge < -0.3 is 20.1 Å². The van der Waals surface area contributed by atoms with Crippen LogP contribution in [0.25, 0.3) is 0 Å². The Hall–Kier alpha value is -1.82. The lowest BCUT2D eigenvalue weighted by molar-refractivity contribution is -0.00560. The minimum Gasteiger partial charge on any atom is -0.462 e. The molecule has 2 N–H and O–H groups in total. The number of nitrogens with two attached hydrogens (primary N) is 1. The molecule has 0 saturated carbocycles. The molecule has 1 aromatic rings. The van der Waals surface area contributed by atoms with E-state index >= 15 is 0 Å². The molecule has 0 aliphatic carbocycles. The molecule has 1 aliphatic rings. The summed E-state index contributed by atoms with van der Waals surface area (Å²) >= 11 is 0. The van der Waals surface area contributed by atoms with Crippen LogP contribution in [0.2, 0.25) is 0 Å². The van der Waals surface area contributed by atoms with Gasteiger partial charge in [-0.05, 0) is 26.8 Å². The fourth-order valence-electron chi connectivity index (χ4n) is 2.44. The first-order chi connectivity index (χ1) is 9.51. The molecule has 1 aliphatic heterocycles. The highest BCUT2D eigenvalue weighted by Gasteiger charge is 2.27. The molecule has 0 aromatic carbocycles. The van der Waals surface area contributed by atoms with E-state index in [0.717, 1.165) is 0 Å². The first kappa shape index (κ1) is 14.6. The van der Waals surface area contributed by atoms with Gasteiger partial charge in [0, 0.05) is 13.1 Å². The van der Waals surface area contributed by atoms with Crippen molar-refractivity contribution in [2.45, 2.75) is 33.0 Å². The normalized spacial score (nSPS) is 22.6. The van der Waals surface area contributed by atoms with Crippen molar-refractivity contribution in [2.75, 3.05) is 30.3 Å². The van der Waals surface area contributed by atoms with Gasteiger partial charge in [-0.1, -0.05) is 0 Å². The molecule has 0 amide bonds. The van der Waals surface area contributed by atoms with Gasteiger partial charge in [-0.3, -0.25) is 0 Å². The number of aromatic nitrogens is 1. The van der Waals surface area contributed by atoms with Crippen LogP contribution in [0.3, 0.4) is 0 Å². The maximum absolute atomic E-state index is 12.0. The zero-order valence-corrected chi connectivity index (χ0v) is 12.1. The van der Waals surface area contributed by atoms with Gasteiger partial charge in [0.05, 0.1) is 30.7 Å². The number of hydrogen-bond acceptors (Lipinski definition) is 6. The van der Waals surface area contributed by atoms with Gasteiger partial charge in [0.2, 0.25) is 0 Å². The third-order valence-corrected chi connectivity index (χ3v) is 3.10. The molecule has 0 spiro atoms. The fourth-order valence-corrected chi connectivity index (χ4v) is 2.44. The van der Waals surface area contributed by atoms with Crippen molar-refractivity contribution < 1.29 is 14.3 Å². The van der Waals surface area contributed by atoms with Gasteiger partial charge in [0.1, 0.15) is 11.4 Å². The Balaban J connectivity index is 2.32. The van der Waals surface area contributed by atoms with Gasteiger partial charge in [-0.2, -0.15) is 0 Å². The fraction of sp³-hybridized carbons (Fsp3) is 0.571. The maximum Gasteiger partial charge on any atom is 0.341 e. The number of anilines is 2. The number of pyridine rings is 1. The second-order valence-electron chi connectivity index (χ2n) is 5.02. The third-order valence-electron chi connectivity index (χ3n) is 3.10. The Morgan fingerprint density at radius 3 is 2.75 bits per heavy atom. The monoisotopic (exact) mass is 279 g/mol. The molecule has 2 rings (SSSR count). The van der Waals surface area contributed by atoms with E-state index in [1.165, 1.54) is 0 Å². The van der Waals surface area contributed by atoms with E-state index in [4.69, 9.17) is 15.2 Å². The zero-order chi connectivity index (χ0) is 14.7. The van der Waals surface area contributed by atoms with Crippen molar-refractivity contribution in [1.82, 2.24) is 4.98 Å².